The molecule has 0 saturated carbocycles. The van der Waals surface area contributed by atoms with Gasteiger partial charge in [0.2, 0.25) is 0 Å². The van der Waals surface area contributed by atoms with E-state index in [1.165, 1.54) is 30.3 Å². The number of sulfonamides is 1. The molecule has 1 aliphatic heterocycles. The summed E-state index contributed by atoms with van der Waals surface area (Å²) < 4.78 is 38.7. The van der Waals surface area contributed by atoms with Gasteiger partial charge in [-0.3, -0.25) is 4.72 Å². The molecule has 0 amide bonds. The molecular weight excluding hydrogens is 346 g/mol. The Bertz CT molecular complexity index is 923. The summed E-state index contributed by atoms with van der Waals surface area (Å²) in [7, 11) is -3.85. The van der Waals surface area contributed by atoms with Gasteiger partial charge in [-0.25, -0.2) is 13.2 Å². The monoisotopic (exact) mass is 363 g/mol. The minimum Gasteiger partial charge on any atom is -0.490 e. The number of carbonyl (C=O) groups is 1. The standard InChI is InChI=1S/C17H17NO6S/c1-11-9-12(17(19)20)3-5-14(11)18-25(21,22)13-4-6-15-16(10-13)24-8-2-7-23-15/h3-6,9-10,18H,2,7-8H2,1H3,(H,19,20). The average molecular weight is 363 g/mol. The SMILES string of the molecule is Cc1cc(C(=O)O)ccc1NS(=O)(=O)c1ccc2c(c1)OCCCO2. The lowest BCUT2D eigenvalue weighted by atomic mass is 10.1. The lowest BCUT2D eigenvalue weighted by Gasteiger charge is -2.13. The number of aryl methyl sites for hydroxylation is 1. The van der Waals surface area contributed by atoms with Gasteiger partial charge in [-0.15, -0.1) is 0 Å². The van der Waals surface area contributed by atoms with E-state index in [4.69, 9.17) is 14.6 Å². The molecule has 0 saturated heterocycles. The molecule has 3 rings (SSSR count). The molecule has 0 spiro atoms. The van der Waals surface area contributed by atoms with Crippen molar-refractivity contribution >= 4 is 21.7 Å². The number of fused-ring (bicyclic) bond motifs is 1. The fourth-order valence-electron chi connectivity index (χ4n) is 2.43. The van der Waals surface area contributed by atoms with Gasteiger partial charge in [0.1, 0.15) is 0 Å². The quantitative estimate of drug-likeness (QED) is 0.866. The molecule has 0 aromatic heterocycles. The van der Waals surface area contributed by atoms with Crippen LogP contribution in [0, 0.1) is 6.92 Å². The van der Waals surface area contributed by atoms with E-state index in [0.717, 1.165) is 6.42 Å². The van der Waals surface area contributed by atoms with Crippen LogP contribution < -0.4 is 14.2 Å². The third kappa shape index (κ3) is 3.69. The summed E-state index contributed by atoms with van der Waals surface area (Å²) in [6.45, 7) is 2.62. The van der Waals surface area contributed by atoms with Gasteiger partial charge in [-0.05, 0) is 42.8 Å². The number of carboxylic acid groups (broad SMARTS) is 1. The van der Waals surface area contributed by atoms with Crippen LogP contribution in [0.5, 0.6) is 11.5 Å². The summed E-state index contributed by atoms with van der Waals surface area (Å²) in [5, 5.41) is 8.98. The largest absolute Gasteiger partial charge is 0.490 e. The zero-order valence-electron chi connectivity index (χ0n) is 13.5. The summed E-state index contributed by atoms with van der Waals surface area (Å²) in [6.07, 6.45) is 0.726. The number of carboxylic acids is 1. The highest BCUT2D eigenvalue weighted by Gasteiger charge is 2.20. The van der Waals surface area contributed by atoms with Crippen molar-refractivity contribution < 1.29 is 27.8 Å². The first-order chi connectivity index (χ1) is 11.9. The van der Waals surface area contributed by atoms with Crippen LogP contribution in [0.1, 0.15) is 22.3 Å². The maximum atomic E-state index is 12.6. The van der Waals surface area contributed by atoms with E-state index in [2.05, 4.69) is 4.72 Å². The number of ether oxygens (including phenoxy) is 2. The number of rotatable bonds is 4. The van der Waals surface area contributed by atoms with Gasteiger partial charge in [0.15, 0.2) is 11.5 Å². The lowest BCUT2D eigenvalue weighted by molar-refractivity contribution is 0.0697. The number of hydrogen-bond acceptors (Lipinski definition) is 5. The lowest BCUT2D eigenvalue weighted by Crippen LogP contribution is -2.14. The molecule has 0 radical (unpaired) electrons. The van der Waals surface area contributed by atoms with E-state index >= 15 is 0 Å². The van der Waals surface area contributed by atoms with Crippen LogP contribution in [-0.4, -0.2) is 32.7 Å². The highest BCUT2D eigenvalue weighted by Crippen LogP contribution is 2.32. The fraction of sp³-hybridized carbons (Fsp3) is 0.235. The second kappa shape index (κ2) is 6.64. The van der Waals surface area contributed by atoms with Crippen LogP contribution in [0.4, 0.5) is 5.69 Å². The molecule has 0 aliphatic carbocycles. The molecule has 7 nitrogen and oxygen atoms in total. The summed E-state index contributed by atoms with van der Waals surface area (Å²) >= 11 is 0. The van der Waals surface area contributed by atoms with Gasteiger partial charge in [-0.1, -0.05) is 0 Å². The highest BCUT2D eigenvalue weighted by atomic mass is 32.2. The van der Waals surface area contributed by atoms with Gasteiger partial charge >= 0.3 is 5.97 Å². The predicted octanol–water partition coefficient (Wildman–Crippen LogP) is 2.66. The smallest absolute Gasteiger partial charge is 0.335 e. The molecule has 0 fully saturated rings. The third-order valence-electron chi connectivity index (χ3n) is 3.75. The number of anilines is 1. The maximum Gasteiger partial charge on any atom is 0.335 e. The number of nitrogens with one attached hydrogen (secondary N) is 1. The van der Waals surface area contributed by atoms with Crippen molar-refractivity contribution in [2.45, 2.75) is 18.2 Å². The first kappa shape index (κ1) is 17.1. The molecule has 132 valence electrons. The molecule has 0 unspecified atom stereocenters. The normalized spacial score (nSPS) is 13.8. The highest BCUT2D eigenvalue weighted by molar-refractivity contribution is 7.92. The van der Waals surface area contributed by atoms with Crippen molar-refractivity contribution in [3.05, 3.63) is 47.5 Å². The van der Waals surface area contributed by atoms with E-state index in [9.17, 15) is 13.2 Å². The first-order valence-corrected chi connectivity index (χ1v) is 9.11. The Morgan fingerprint density at radius 1 is 1.08 bits per heavy atom. The molecule has 25 heavy (non-hydrogen) atoms. The van der Waals surface area contributed by atoms with E-state index in [0.29, 0.717) is 36.0 Å². The van der Waals surface area contributed by atoms with Gasteiger partial charge in [-0.2, -0.15) is 0 Å². The van der Waals surface area contributed by atoms with Crippen molar-refractivity contribution in [3.63, 3.8) is 0 Å². The zero-order chi connectivity index (χ0) is 18.0. The van der Waals surface area contributed by atoms with Gasteiger partial charge < -0.3 is 14.6 Å². The minimum absolute atomic E-state index is 0.0402. The van der Waals surface area contributed by atoms with Crippen molar-refractivity contribution in [2.75, 3.05) is 17.9 Å². The molecular formula is C17H17NO6S. The van der Waals surface area contributed by atoms with Gasteiger partial charge in [0, 0.05) is 12.5 Å². The fourth-order valence-corrected chi connectivity index (χ4v) is 3.57. The van der Waals surface area contributed by atoms with Gasteiger partial charge in [0.05, 0.1) is 29.4 Å². The molecule has 2 aromatic carbocycles. The van der Waals surface area contributed by atoms with Crippen LogP contribution in [0.25, 0.3) is 0 Å². The predicted molar refractivity (Wildman–Crippen MR) is 91.0 cm³/mol. The third-order valence-corrected chi connectivity index (χ3v) is 5.11. The Morgan fingerprint density at radius 2 is 1.80 bits per heavy atom. The second-order valence-electron chi connectivity index (χ2n) is 5.60. The van der Waals surface area contributed by atoms with Crippen LogP contribution in [0.3, 0.4) is 0 Å². The molecule has 0 atom stereocenters. The summed E-state index contributed by atoms with van der Waals surface area (Å²) in [6, 6.07) is 8.62. The van der Waals surface area contributed by atoms with E-state index in [1.807, 2.05) is 0 Å². The molecule has 1 aliphatic rings. The second-order valence-corrected chi connectivity index (χ2v) is 7.28. The van der Waals surface area contributed by atoms with E-state index in [1.54, 1.807) is 13.0 Å². The Hall–Kier alpha value is -2.74. The van der Waals surface area contributed by atoms with Crippen molar-refractivity contribution in [1.29, 1.82) is 0 Å². The van der Waals surface area contributed by atoms with Crippen LogP contribution in [0.15, 0.2) is 41.3 Å². The van der Waals surface area contributed by atoms with Crippen LogP contribution in [-0.2, 0) is 10.0 Å². The molecule has 8 heteroatoms. The number of aromatic carboxylic acids is 1. The van der Waals surface area contributed by atoms with Crippen molar-refractivity contribution in [3.8, 4) is 11.5 Å². The Kier molecular flexibility index (Phi) is 4.54. The molecule has 2 aromatic rings. The van der Waals surface area contributed by atoms with E-state index in [-0.39, 0.29) is 10.5 Å². The Morgan fingerprint density at radius 3 is 2.48 bits per heavy atom. The van der Waals surface area contributed by atoms with Gasteiger partial charge in [0.25, 0.3) is 10.0 Å². The Labute approximate surface area is 145 Å². The van der Waals surface area contributed by atoms with E-state index < -0.39 is 16.0 Å². The minimum atomic E-state index is -3.85. The Balaban J connectivity index is 1.90. The van der Waals surface area contributed by atoms with Crippen molar-refractivity contribution in [2.24, 2.45) is 0 Å². The average Bonchev–Trinajstić information content (AvgIpc) is 2.81. The summed E-state index contributed by atoms with van der Waals surface area (Å²) in [5.41, 5.74) is 0.922. The summed E-state index contributed by atoms with van der Waals surface area (Å²) in [5.74, 6) is -0.169. The van der Waals surface area contributed by atoms with Crippen LogP contribution >= 0.6 is 0 Å². The molecule has 0 bridgehead atoms. The zero-order valence-corrected chi connectivity index (χ0v) is 14.3. The molecule has 1 heterocycles. The van der Waals surface area contributed by atoms with Crippen LogP contribution in [0.2, 0.25) is 0 Å². The number of hydrogen-bond donors (Lipinski definition) is 2. The topological polar surface area (TPSA) is 102 Å². The maximum absolute atomic E-state index is 12.6. The first-order valence-electron chi connectivity index (χ1n) is 7.63. The summed E-state index contributed by atoms with van der Waals surface area (Å²) in [4.78, 5) is 11.0. The number of benzene rings is 2. The van der Waals surface area contributed by atoms with Crippen molar-refractivity contribution in [1.82, 2.24) is 0 Å². The molecule has 2 N–H and O–H groups in total.